The molecule has 0 bridgehead atoms. The second-order valence-electron chi connectivity index (χ2n) is 6.75. The molecule has 0 aromatic heterocycles. The molecule has 1 heterocycles. The maximum absolute atomic E-state index is 2.43. The summed E-state index contributed by atoms with van der Waals surface area (Å²) in [5, 5.41) is 0. The fraction of sp³-hybridized carbons (Fsp3) is 1.00. The summed E-state index contributed by atoms with van der Waals surface area (Å²) in [6.07, 6.45) is 0. The molecule has 0 N–H and O–H groups in total. The summed E-state index contributed by atoms with van der Waals surface area (Å²) in [6.45, 7) is 16.8. The Morgan fingerprint density at radius 3 is 1.23 bits per heavy atom. The lowest BCUT2D eigenvalue weighted by molar-refractivity contribution is -0.143. The van der Waals surface area contributed by atoms with Crippen molar-refractivity contribution in [3.05, 3.63) is 0 Å². The highest BCUT2D eigenvalue weighted by molar-refractivity contribution is 5.07. The molecule has 1 heteroatoms. The van der Waals surface area contributed by atoms with Gasteiger partial charge in [-0.05, 0) is 17.9 Å². The average Bonchev–Trinajstić information content (AvgIpc) is 1.74. The molecule has 1 fully saturated rings. The first kappa shape index (κ1) is 11.0. The summed E-state index contributed by atoms with van der Waals surface area (Å²) in [5.74, 6) is 0. The summed E-state index contributed by atoms with van der Waals surface area (Å²) in [7, 11) is 2.22. The van der Waals surface area contributed by atoms with Crippen LogP contribution in [0.3, 0.4) is 0 Å². The highest BCUT2D eigenvalue weighted by atomic mass is 15.2. The Morgan fingerprint density at radius 2 is 1.15 bits per heavy atom. The van der Waals surface area contributed by atoms with Crippen LogP contribution in [0.25, 0.3) is 0 Å². The minimum atomic E-state index is 0.414. The zero-order chi connectivity index (χ0) is 10.5. The van der Waals surface area contributed by atoms with Gasteiger partial charge in [-0.1, -0.05) is 41.5 Å². The standard InChI is InChI=1S/C12H25N/c1-10(2,3)12(11(4,5)6)8-13(7)9-12/h8-9H2,1-7H3. The smallest absolute Gasteiger partial charge is 0.00575 e. The van der Waals surface area contributed by atoms with Gasteiger partial charge in [-0.2, -0.15) is 0 Å². The summed E-state index contributed by atoms with van der Waals surface area (Å²) in [6, 6.07) is 0. The molecule has 1 aliphatic rings. The van der Waals surface area contributed by atoms with Crippen molar-refractivity contribution in [1.29, 1.82) is 0 Å². The van der Waals surface area contributed by atoms with E-state index in [1.165, 1.54) is 13.1 Å². The quantitative estimate of drug-likeness (QED) is 0.558. The Bertz CT molecular complexity index is 170. The molecule has 0 aromatic rings. The van der Waals surface area contributed by atoms with Crippen LogP contribution in [-0.2, 0) is 0 Å². The third-order valence-corrected chi connectivity index (χ3v) is 3.95. The van der Waals surface area contributed by atoms with Crippen LogP contribution in [-0.4, -0.2) is 25.0 Å². The van der Waals surface area contributed by atoms with Gasteiger partial charge in [-0.3, -0.25) is 0 Å². The summed E-state index contributed by atoms with van der Waals surface area (Å²) >= 11 is 0. The van der Waals surface area contributed by atoms with Gasteiger partial charge in [-0.25, -0.2) is 0 Å². The number of nitrogens with zero attached hydrogens (tertiary/aromatic N) is 1. The Labute approximate surface area is 83.5 Å². The highest BCUT2D eigenvalue weighted by Gasteiger charge is 2.56. The number of rotatable bonds is 0. The van der Waals surface area contributed by atoms with E-state index < -0.39 is 0 Å². The van der Waals surface area contributed by atoms with Crippen LogP contribution in [0.1, 0.15) is 41.5 Å². The van der Waals surface area contributed by atoms with Gasteiger partial charge in [-0.15, -0.1) is 0 Å². The van der Waals surface area contributed by atoms with Gasteiger partial charge in [0.05, 0.1) is 0 Å². The van der Waals surface area contributed by atoms with E-state index in [-0.39, 0.29) is 0 Å². The molecule has 1 saturated heterocycles. The van der Waals surface area contributed by atoms with Crippen LogP contribution in [0, 0.1) is 16.2 Å². The number of hydrogen-bond acceptors (Lipinski definition) is 1. The minimum absolute atomic E-state index is 0.414. The van der Waals surface area contributed by atoms with Gasteiger partial charge < -0.3 is 4.90 Å². The summed E-state index contributed by atoms with van der Waals surface area (Å²) in [5.41, 5.74) is 1.32. The number of likely N-dealkylation sites (tertiary alicyclic amines) is 1. The van der Waals surface area contributed by atoms with Crippen molar-refractivity contribution in [1.82, 2.24) is 4.90 Å². The van der Waals surface area contributed by atoms with Gasteiger partial charge >= 0.3 is 0 Å². The molecule has 0 aromatic carbocycles. The maximum atomic E-state index is 2.43. The van der Waals surface area contributed by atoms with Gasteiger partial charge in [0, 0.05) is 18.5 Å². The first-order valence-electron chi connectivity index (χ1n) is 5.29. The second-order valence-corrected chi connectivity index (χ2v) is 6.75. The molecule has 0 spiro atoms. The largest absolute Gasteiger partial charge is 0.305 e. The van der Waals surface area contributed by atoms with Gasteiger partial charge in [0.25, 0.3) is 0 Å². The highest BCUT2D eigenvalue weighted by Crippen LogP contribution is 2.56. The van der Waals surface area contributed by atoms with Crippen LogP contribution >= 0.6 is 0 Å². The Kier molecular flexibility index (Phi) is 2.31. The fourth-order valence-electron chi connectivity index (χ4n) is 2.95. The van der Waals surface area contributed by atoms with Crippen LogP contribution in [0.2, 0.25) is 0 Å². The molecule has 78 valence electrons. The molecule has 0 radical (unpaired) electrons. The van der Waals surface area contributed by atoms with E-state index in [1.807, 2.05) is 0 Å². The lowest BCUT2D eigenvalue weighted by atomic mass is 9.50. The maximum Gasteiger partial charge on any atom is 0.00575 e. The van der Waals surface area contributed by atoms with Crippen molar-refractivity contribution in [3.8, 4) is 0 Å². The number of hydrogen-bond donors (Lipinski definition) is 0. The molecular weight excluding hydrogens is 158 g/mol. The van der Waals surface area contributed by atoms with Crippen LogP contribution < -0.4 is 0 Å². The van der Waals surface area contributed by atoms with E-state index >= 15 is 0 Å². The molecule has 0 atom stereocenters. The molecular formula is C12H25N. The van der Waals surface area contributed by atoms with E-state index in [1.54, 1.807) is 0 Å². The van der Waals surface area contributed by atoms with E-state index in [4.69, 9.17) is 0 Å². The van der Waals surface area contributed by atoms with E-state index in [9.17, 15) is 0 Å². The van der Waals surface area contributed by atoms with Crippen molar-refractivity contribution in [2.45, 2.75) is 41.5 Å². The normalized spacial score (nSPS) is 24.2. The Balaban J connectivity index is 2.93. The SMILES string of the molecule is CN1CC(C(C)(C)C)(C(C)(C)C)C1. The first-order valence-corrected chi connectivity index (χ1v) is 5.29. The third-order valence-electron chi connectivity index (χ3n) is 3.95. The molecule has 0 aliphatic carbocycles. The van der Waals surface area contributed by atoms with Gasteiger partial charge in [0.1, 0.15) is 0 Å². The van der Waals surface area contributed by atoms with Crippen molar-refractivity contribution in [3.63, 3.8) is 0 Å². The second kappa shape index (κ2) is 2.73. The molecule has 0 unspecified atom stereocenters. The van der Waals surface area contributed by atoms with Crippen LogP contribution in [0.15, 0.2) is 0 Å². The third kappa shape index (κ3) is 1.52. The van der Waals surface area contributed by atoms with Gasteiger partial charge in [0.15, 0.2) is 0 Å². The van der Waals surface area contributed by atoms with Crippen LogP contribution in [0.5, 0.6) is 0 Å². The Hall–Kier alpha value is -0.0400. The molecule has 0 amide bonds. The lowest BCUT2D eigenvalue weighted by Crippen LogP contribution is -2.66. The van der Waals surface area contributed by atoms with Gasteiger partial charge in [0.2, 0.25) is 0 Å². The molecule has 1 rings (SSSR count). The zero-order valence-electron chi connectivity index (χ0n) is 10.4. The molecule has 13 heavy (non-hydrogen) atoms. The van der Waals surface area contributed by atoms with Crippen molar-refractivity contribution >= 4 is 0 Å². The average molecular weight is 183 g/mol. The van der Waals surface area contributed by atoms with Crippen molar-refractivity contribution in [2.24, 2.45) is 16.2 Å². The lowest BCUT2D eigenvalue weighted by Gasteiger charge is -2.63. The fourth-order valence-corrected chi connectivity index (χ4v) is 2.95. The van der Waals surface area contributed by atoms with E-state index in [2.05, 4.69) is 53.5 Å². The van der Waals surface area contributed by atoms with E-state index in [0.717, 1.165) is 0 Å². The Morgan fingerprint density at radius 1 is 0.846 bits per heavy atom. The first-order chi connectivity index (χ1) is 5.60. The summed E-state index contributed by atoms with van der Waals surface area (Å²) < 4.78 is 0. The minimum Gasteiger partial charge on any atom is -0.305 e. The monoisotopic (exact) mass is 183 g/mol. The predicted molar refractivity (Wildman–Crippen MR) is 58.8 cm³/mol. The zero-order valence-corrected chi connectivity index (χ0v) is 10.4. The predicted octanol–water partition coefficient (Wildman–Crippen LogP) is 3.01. The van der Waals surface area contributed by atoms with Crippen LogP contribution in [0.4, 0.5) is 0 Å². The van der Waals surface area contributed by atoms with Crippen molar-refractivity contribution < 1.29 is 0 Å². The topological polar surface area (TPSA) is 3.24 Å². The molecule has 1 aliphatic heterocycles. The molecule has 0 saturated carbocycles. The van der Waals surface area contributed by atoms with Crippen molar-refractivity contribution in [2.75, 3.05) is 20.1 Å². The van der Waals surface area contributed by atoms with E-state index in [0.29, 0.717) is 16.2 Å². The summed E-state index contributed by atoms with van der Waals surface area (Å²) in [4.78, 5) is 2.43. The molecule has 1 nitrogen and oxygen atoms in total.